The topological polar surface area (TPSA) is 68.1 Å². The number of aromatic nitrogens is 1. The molecule has 0 saturated heterocycles. The average Bonchev–Trinajstić information content (AvgIpc) is 2.75. The molecule has 0 spiro atoms. The van der Waals surface area contributed by atoms with Gasteiger partial charge in [-0.3, -0.25) is 4.79 Å². The van der Waals surface area contributed by atoms with Gasteiger partial charge in [-0.2, -0.15) is 0 Å². The Morgan fingerprint density at radius 2 is 2.00 bits per heavy atom. The van der Waals surface area contributed by atoms with Crippen LogP contribution < -0.4 is 16.0 Å². The highest BCUT2D eigenvalue weighted by Gasteiger charge is 2.43. The number of hydrogen-bond donors (Lipinski definition) is 2. The number of hydrogen-bond acceptors (Lipinski definition) is 3. The highest BCUT2D eigenvalue weighted by molar-refractivity contribution is 6.32. The number of aromatic amines is 1. The molecule has 1 aromatic heterocycles. The molecule has 1 atom stereocenters. The largest absolute Gasteiger partial charge is 0.489 e. The molecule has 3 aromatic rings. The van der Waals surface area contributed by atoms with Crippen LogP contribution in [-0.4, -0.2) is 17.1 Å². The van der Waals surface area contributed by atoms with Gasteiger partial charge in [0.1, 0.15) is 11.6 Å². The number of fused-ring (bicyclic) bond motifs is 1. The van der Waals surface area contributed by atoms with Crippen molar-refractivity contribution in [2.24, 2.45) is 5.73 Å². The molecule has 4 rings (SSSR count). The summed E-state index contributed by atoms with van der Waals surface area (Å²) in [5, 5.41) is 1.73. The summed E-state index contributed by atoms with van der Waals surface area (Å²) < 4.78 is 20.9. The average molecular weight is 429 g/mol. The van der Waals surface area contributed by atoms with E-state index in [2.05, 4.69) is 4.98 Å². The summed E-state index contributed by atoms with van der Waals surface area (Å²) >= 11 is 6.39. The molecule has 1 fully saturated rings. The van der Waals surface area contributed by atoms with Crippen LogP contribution in [0.25, 0.3) is 10.8 Å². The first-order valence-electron chi connectivity index (χ1n) is 10.4. The van der Waals surface area contributed by atoms with Crippen LogP contribution >= 0.6 is 11.6 Å². The Hall–Kier alpha value is -2.37. The second kappa shape index (κ2) is 8.40. The molecule has 2 aromatic carbocycles. The lowest BCUT2D eigenvalue weighted by Gasteiger charge is -2.44. The van der Waals surface area contributed by atoms with Crippen LogP contribution in [-0.2, 0) is 5.41 Å². The van der Waals surface area contributed by atoms with Gasteiger partial charge in [0.25, 0.3) is 5.56 Å². The maximum Gasteiger partial charge on any atom is 0.255 e. The first kappa shape index (κ1) is 20.9. The van der Waals surface area contributed by atoms with E-state index >= 15 is 0 Å². The van der Waals surface area contributed by atoms with Crippen molar-refractivity contribution in [3.63, 3.8) is 0 Å². The zero-order valence-corrected chi connectivity index (χ0v) is 17.7. The molecule has 0 amide bonds. The van der Waals surface area contributed by atoms with Crippen LogP contribution in [0.4, 0.5) is 4.39 Å². The molecule has 0 bridgehead atoms. The minimum Gasteiger partial charge on any atom is -0.489 e. The minimum atomic E-state index is -0.388. The van der Waals surface area contributed by atoms with Crippen molar-refractivity contribution in [3.8, 4) is 5.75 Å². The second-order valence-corrected chi connectivity index (χ2v) is 8.55. The van der Waals surface area contributed by atoms with Crippen molar-refractivity contribution in [3.05, 3.63) is 75.4 Å². The lowest BCUT2D eigenvalue weighted by atomic mass is 9.63. The molecule has 30 heavy (non-hydrogen) atoms. The van der Waals surface area contributed by atoms with E-state index < -0.39 is 0 Å². The van der Waals surface area contributed by atoms with Gasteiger partial charge in [0, 0.05) is 23.0 Å². The first-order valence-corrected chi connectivity index (χ1v) is 10.8. The highest BCUT2D eigenvalue weighted by Crippen LogP contribution is 2.44. The number of nitrogens with two attached hydrogens (primary N) is 1. The van der Waals surface area contributed by atoms with Crippen LogP contribution in [0.5, 0.6) is 5.75 Å². The van der Waals surface area contributed by atoms with E-state index in [-0.39, 0.29) is 28.9 Å². The monoisotopic (exact) mass is 428 g/mol. The summed E-state index contributed by atoms with van der Waals surface area (Å²) in [7, 11) is 0. The van der Waals surface area contributed by atoms with Gasteiger partial charge in [0.2, 0.25) is 0 Å². The molecule has 0 unspecified atom stereocenters. The smallest absolute Gasteiger partial charge is 0.255 e. The number of rotatable bonds is 5. The molecular weight excluding hydrogens is 403 g/mol. The van der Waals surface area contributed by atoms with E-state index in [0.29, 0.717) is 21.7 Å². The van der Waals surface area contributed by atoms with Crippen LogP contribution in [0.15, 0.2) is 53.5 Å². The lowest BCUT2D eigenvalue weighted by molar-refractivity contribution is 0.102. The minimum absolute atomic E-state index is 0.0362. The number of ether oxygens (including phenoxy) is 1. The predicted octanol–water partition coefficient (Wildman–Crippen LogP) is 5.32. The SMILES string of the molecule is CC[C@H](N)[C@]1(c2ccccc2F)CC[C@@H](Oc2cc3cc[nH]c(=O)c3cc2Cl)CC1. The van der Waals surface area contributed by atoms with E-state index in [4.69, 9.17) is 22.1 Å². The Morgan fingerprint density at radius 3 is 2.70 bits per heavy atom. The Labute approximate surface area is 180 Å². The molecule has 1 aliphatic rings. The van der Waals surface area contributed by atoms with Gasteiger partial charge in [-0.25, -0.2) is 4.39 Å². The van der Waals surface area contributed by atoms with E-state index in [1.807, 2.05) is 31.2 Å². The third kappa shape index (κ3) is 3.72. The van der Waals surface area contributed by atoms with Crippen LogP contribution in [0.1, 0.15) is 44.6 Å². The van der Waals surface area contributed by atoms with Crippen molar-refractivity contribution in [2.45, 2.75) is 56.6 Å². The van der Waals surface area contributed by atoms with Crippen molar-refractivity contribution < 1.29 is 9.13 Å². The quantitative estimate of drug-likeness (QED) is 0.578. The third-order valence-corrected chi connectivity index (χ3v) is 6.80. The number of nitrogens with one attached hydrogen (secondary N) is 1. The summed E-state index contributed by atoms with van der Waals surface area (Å²) in [6.45, 7) is 2.05. The lowest BCUT2D eigenvalue weighted by Crippen LogP contribution is -2.49. The second-order valence-electron chi connectivity index (χ2n) is 8.14. The Bertz CT molecular complexity index is 1110. The molecular formula is C24H26ClFN2O2. The summed E-state index contributed by atoms with van der Waals surface area (Å²) in [5.41, 5.74) is 6.66. The standard InChI is InChI=1S/C24H26ClFN2O2/c1-2-22(27)24(18-5-3-4-6-20(18)26)10-7-16(8-11-24)30-21-13-15-9-12-28-23(29)17(15)14-19(21)25/h3-6,9,12-14,16,22H,2,7-8,10-11,27H2,1H3,(H,28,29)/t16-,22-,24-/m0/s1. The van der Waals surface area contributed by atoms with Gasteiger partial charge in [-0.1, -0.05) is 36.7 Å². The van der Waals surface area contributed by atoms with Crippen molar-refractivity contribution in [1.29, 1.82) is 0 Å². The maximum atomic E-state index is 14.7. The molecule has 1 heterocycles. The maximum absolute atomic E-state index is 14.7. The molecule has 0 aliphatic heterocycles. The van der Waals surface area contributed by atoms with Crippen LogP contribution in [0.2, 0.25) is 5.02 Å². The summed E-state index contributed by atoms with van der Waals surface area (Å²) in [6.07, 6.45) is 5.36. The third-order valence-electron chi connectivity index (χ3n) is 6.50. The summed E-state index contributed by atoms with van der Waals surface area (Å²) in [5.74, 6) is 0.376. The van der Waals surface area contributed by atoms with Crippen molar-refractivity contribution in [2.75, 3.05) is 0 Å². The molecule has 0 radical (unpaired) electrons. The molecule has 1 saturated carbocycles. The molecule has 4 nitrogen and oxygen atoms in total. The fourth-order valence-electron chi connectivity index (χ4n) is 4.78. The van der Waals surface area contributed by atoms with Crippen molar-refractivity contribution in [1.82, 2.24) is 4.98 Å². The van der Waals surface area contributed by atoms with Crippen molar-refractivity contribution >= 4 is 22.4 Å². The number of halogens is 2. The molecule has 3 N–H and O–H groups in total. The highest BCUT2D eigenvalue weighted by atomic mass is 35.5. The molecule has 1 aliphatic carbocycles. The van der Waals surface area contributed by atoms with Gasteiger partial charge >= 0.3 is 0 Å². The Kier molecular flexibility index (Phi) is 5.85. The van der Waals surface area contributed by atoms with E-state index in [9.17, 15) is 9.18 Å². The number of pyridine rings is 1. The van der Waals surface area contributed by atoms with Gasteiger partial charge in [0.15, 0.2) is 0 Å². The first-order chi connectivity index (χ1) is 14.4. The van der Waals surface area contributed by atoms with Gasteiger partial charge in [0.05, 0.1) is 11.1 Å². The Balaban J connectivity index is 1.56. The Morgan fingerprint density at radius 1 is 1.27 bits per heavy atom. The van der Waals surface area contributed by atoms with E-state index in [0.717, 1.165) is 37.5 Å². The molecule has 158 valence electrons. The summed E-state index contributed by atoms with van der Waals surface area (Å²) in [6, 6.07) is 12.1. The number of benzene rings is 2. The number of H-pyrrole nitrogens is 1. The normalized spacial score (nSPS) is 22.7. The van der Waals surface area contributed by atoms with Crippen LogP contribution in [0, 0.1) is 5.82 Å². The van der Waals surface area contributed by atoms with Gasteiger partial charge < -0.3 is 15.5 Å². The fraction of sp³-hybridized carbons (Fsp3) is 0.375. The zero-order valence-electron chi connectivity index (χ0n) is 17.0. The fourth-order valence-corrected chi connectivity index (χ4v) is 4.99. The van der Waals surface area contributed by atoms with Gasteiger partial charge in [-0.05, 0) is 67.3 Å². The van der Waals surface area contributed by atoms with E-state index in [1.165, 1.54) is 6.07 Å². The predicted molar refractivity (Wildman–Crippen MR) is 119 cm³/mol. The zero-order chi connectivity index (χ0) is 21.3. The molecule has 6 heteroatoms. The van der Waals surface area contributed by atoms with E-state index in [1.54, 1.807) is 18.3 Å². The summed E-state index contributed by atoms with van der Waals surface area (Å²) in [4.78, 5) is 14.6. The van der Waals surface area contributed by atoms with Gasteiger partial charge in [-0.15, -0.1) is 0 Å². The van der Waals surface area contributed by atoms with Crippen LogP contribution in [0.3, 0.4) is 0 Å².